The zero-order valence-electron chi connectivity index (χ0n) is 11.5. The standard InChI is InChI=1S/C17H18FNS/c1-2-19-17(12-6-5-7-13(18)10-12)15-11-20-16-9-4-3-8-14(15)16/h3-10,15,17,19H,2,11H2,1H3. The lowest BCUT2D eigenvalue weighted by Gasteiger charge is -2.25. The maximum Gasteiger partial charge on any atom is 0.123 e. The van der Waals surface area contributed by atoms with Crippen LogP contribution < -0.4 is 5.32 Å². The monoisotopic (exact) mass is 287 g/mol. The minimum Gasteiger partial charge on any atom is -0.310 e. The van der Waals surface area contributed by atoms with Crippen LogP contribution in [0.15, 0.2) is 53.4 Å². The third kappa shape index (κ3) is 2.60. The summed E-state index contributed by atoms with van der Waals surface area (Å²) in [6.45, 7) is 2.98. The highest BCUT2D eigenvalue weighted by Gasteiger charge is 2.30. The van der Waals surface area contributed by atoms with Crippen molar-refractivity contribution in [3.63, 3.8) is 0 Å². The predicted octanol–water partition coefficient (Wildman–Crippen LogP) is 4.37. The molecule has 0 aliphatic carbocycles. The van der Waals surface area contributed by atoms with Gasteiger partial charge in [-0.2, -0.15) is 0 Å². The average molecular weight is 287 g/mol. The van der Waals surface area contributed by atoms with Crippen LogP contribution in [-0.2, 0) is 0 Å². The van der Waals surface area contributed by atoms with E-state index in [1.807, 2.05) is 17.8 Å². The molecule has 1 nitrogen and oxygen atoms in total. The Morgan fingerprint density at radius 2 is 2.10 bits per heavy atom. The van der Waals surface area contributed by atoms with Crippen molar-refractivity contribution >= 4 is 11.8 Å². The third-order valence-corrected chi connectivity index (χ3v) is 4.98. The second kappa shape index (κ2) is 5.98. The van der Waals surface area contributed by atoms with E-state index in [1.54, 1.807) is 12.1 Å². The highest BCUT2D eigenvalue weighted by atomic mass is 32.2. The van der Waals surface area contributed by atoms with Crippen LogP contribution in [0, 0.1) is 5.82 Å². The molecule has 2 unspecified atom stereocenters. The highest BCUT2D eigenvalue weighted by molar-refractivity contribution is 7.99. The number of thioether (sulfide) groups is 1. The summed E-state index contributed by atoms with van der Waals surface area (Å²) in [5.74, 6) is 1.29. The van der Waals surface area contributed by atoms with Gasteiger partial charge in [0.15, 0.2) is 0 Å². The van der Waals surface area contributed by atoms with Gasteiger partial charge in [0, 0.05) is 22.6 Å². The molecule has 1 aliphatic heterocycles. The van der Waals surface area contributed by atoms with Crippen molar-refractivity contribution in [3.8, 4) is 0 Å². The fraction of sp³-hybridized carbons (Fsp3) is 0.294. The summed E-state index contributed by atoms with van der Waals surface area (Å²) in [5, 5.41) is 3.53. The third-order valence-electron chi connectivity index (χ3n) is 3.77. The zero-order chi connectivity index (χ0) is 13.9. The Morgan fingerprint density at radius 1 is 1.25 bits per heavy atom. The smallest absolute Gasteiger partial charge is 0.123 e. The molecule has 0 amide bonds. The van der Waals surface area contributed by atoms with E-state index in [1.165, 1.54) is 16.5 Å². The summed E-state index contributed by atoms with van der Waals surface area (Å²) in [4.78, 5) is 1.36. The molecule has 0 saturated heterocycles. The molecule has 0 bridgehead atoms. The van der Waals surface area contributed by atoms with Crippen LogP contribution in [-0.4, -0.2) is 12.3 Å². The van der Waals surface area contributed by atoms with Crippen molar-refractivity contribution < 1.29 is 4.39 Å². The van der Waals surface area contributed by atoms with Gasteiger partial charge in [-0.3, -0.25) is 0 Å². The highest BCUT2D eigenvalue weighted by Crippen LogP contribution is 2.45. The molecule has 0 aromatic heterocycles. The molecule has 0 spiro atoms. The first-order chi connectivity index (χ1) is 9.79. The molecule has 1 N–H and O–H groups in total. The second-order valence-corrected chi connectivity index (χ2v) is 6.11. The summed E-state index contributed by atoms with van der Waals surface area (Å²) < 4.78 is 13.5. The molecular weight excluding hydrogens is 269 g/mol. The molecule has 1 heterocycles. The van der Waals surface area contributed by atoms with Gasteiger partial charge >= 0.3 is 0 Å². The van der Waals surface area contributed by atoms with E-state index >= 15 is 0 Å². The van der Waals surface area contributed by atoms with Gasteiger partial charge in [0.25, 0.3) is 0 Å². The fourth-order valence-corrected chi connectivity index (χ4v) is 4.17. The molecule has 20 heavy (non-hydrogen) atoms. The van der Waals surface area contributed by atoms with Gasteiger partial charge in [-0.15, -0.1) is 11.8 Å². The van der Waals surface area contributed by atoms with Gasteiger partial charge in [-0.1, -0.05) is 37.3 Å². The van der Waals surface area contributed by atoms with Crippen LogP contribution in [0.1, 0.15) is 30.0 Å². The quantitative estimate of drug-likeness (QED) is 0.896. The normalized spacial score (nSPS) is 18.8. The number of nitrogens with one attached hydrogen (secondary N) is 1. The van der Waals surface area contributed by atoms with E-state index in [-0.39, 0.29) is 11.9 Å². The lowest BCUT2D eigenvalue weighted by atomic mass is 9.88. The molecule has 1 aliphatic rings. The zero-order valence-corrected chi connectivity index (χ0v) is 12.3. The molecule has 0 radical (unpaired) electrons. The van der Waals surface area contributed by atoms with Gasteiger partial charge in [-0.25, -0.2) is 4.39 Å². The molecule has 2 aromatic rings. The van der Waals surface area contributed by atoms with Crippen LogP contribution in [0.25, 0.3) is 0 Å². The Hall–Kier alpha value is -1.32. The predicted molar refractivity (Wildman–Crippen MR) is 82.7 cm³/mol. The fourth-order valence-electron chi connectivity index (χ4n) is 2.88. The molecule has 3 heteroatoms. The Balaban J connectivity index is 1.96. The van der Waals surface area contributed by atoms with Gasteiger partial charge in [0.05, 0.1) is 0 Å². The number of fused-ring (bicyclic) bond motifs is 1. The molecule has 0 saturated carbocycles. The minimum absolute atomic E-state index is 0.163. The number of benzene rings is 2. The minimum atomic E-state index is -0.163. The Kier molecular flexibility index (Phi) is 4.08. The SMILES string of the molecule is CCNC(c1cccc(F)c1)C1CSc2ccccc21. The molecule has 3 rings (SSSR count). The number of hydrogen-bond donors (Lipinski definition) is 1. The molecule has 0 fully saturated rings. The molecule has 2 aromatic carbocycles. The lowest BCUT2D eigenvalue weighted by Crippen LogP contribution is -2.27. The van der Waals surface area contributed by atoms with Crippen LogP contribution in [0.3, 0.4) is 0 Å². The molecule has 2 atom stereocenters. The van der Waals surface area contributed by atoms with Gasteiger partial charge in [-0.05, 0) is 35.9 Å². The Bertz CT molecular complexity index is 599. The maximum atomic E-state index is 13.5. The summed E-state index contributed by atoms with van der Waals surface area (Å²) in [7, 11) is 0. The van der Waals surface area contributed by atoms with Crippen molar-refractivity contribution in [1.82, 2.24) is 5.32 Å². The van der Waals surface area contributed by atoms with Crippen molar-refractivity contribution in [1.29, 1.82) is 0 Å². The van der Waals surface area contributed by atoms with Crippen molar-refractivity contribution in [2.45, 2.75) is 23.8 Å². The largest absolute Gasteiger partial charge is 0.310 e. The van der Waals surface area contributed by atoms with E-state index in [2.05, 4.69) is 36.5 Å². The van der Waals surface area contributed by atoms with E-state index in [0.29, 0.717) is 5.92 Å². The average Bonchev–Trinajstić information content (AvgIpc) is 2.88. The Morgan fingerprint density at radius 3 is 2.90 bits per heavy atom. The summed E-state index contributed by atoms with van der Waals surface area (Å²) in [6.07, 6.45) is 0. The van der Waals surface area contributed by atoms with Crippen LogP contribution in [0.5, 0.6) is 0 Å². The van der Waals surface area contributed by atoms with Gasteiger partial charge < -0.3 is 5.32 Å². The van der Waals surface area contributed by atoms with Crippen molar-refractivity contribution in [3.05, 3.63) is 65.5 Å². The summed E-state index contributed by atoms with van der Waals surface area (Å²) in [6, 6.07) is 15.7. The molecule has 104 valence electrons. The van der Waals surface area contributed by atoms with Gasteiger partial charge in [0.2, 0.25) is 0 Å². The van der Waals surface area contributed by atoms with Crippen LogP contribution in [0.4, 0.5) is 4.39 Å². The van der Waals surface area contributed by atoms with E-state index in [0.717, 1.165) is 17.9 Å². The Labute approximate surface area is 123 Å². The number of hydrogen-bond acceptors (Lipinski definition) is 2. The van der Waals surface area contributed by atoms with Crippen molar-refractivity contribution in [2.75, 3.05) is 12.3 Å². The van der Waals surface area contributed by atoms with E-state index in [9.17, 15) is 4.39 Å². The van der Waals surface area contributed by atoms with E-state index in [4.69, 9.17) is 0 Å². The summed E-state index contributed by atoms with van der Waals surface area (Å²) in [5.41, 5.74) is 2.42. The van der Waals surface area contributed by atoms with Gasteiger partial charge in [0.1, 0.15) is 5.82 Å². The van der Waals surface area contributed by atoms with E-state index < -0.39 is 0 Å². The van der Waals surface area contributed by atoms with Crippen LogP contribution >= 0.6 is 11.8 Å². The number of halogens is 1. The molecular formula is C17H18FNS. The maximum absolute atomic E-state index is 13.5. The summed E-state index contributed by atoms with van der Waals surface area (Å²) >= 11 is 1.90. The lowest BCUT2D eigenvalue weighted by molar-refractivity contribution is 0.482. The first-order valence-corrected chi connectivity index (χ1v) is 7.98. The second-order valence-electron chi connectivity index (χ2n) is 5.05. The van der Waals surface area contributed by atoms with Crippen molar-refractivity contribution in [2.24, 2.45) is 0 Å². The van der Waals surface area contributed by atoms with Crippen LogP contribution in [0.2, 0.25) is 0 Å². The topological polar surface area (TPSA) is 12.0 Å². The first kappa shape index (κ1) is 13.7. The number of likely N-dealkylation sites (N-methyl/N-ethyl adjacent to an activating group) is 1. The number of rotatable bonds is 4. The first-order valence-electron chi connectivity index (χ1n) is 7.00.